The molecule has 7 nitrogen and oxygen atoms in total. The number of halogens is 1. The van der Waals surface area contributed by atoms with Crippen molar-refractivity contribution < 1.29 is 23.9 Å². The third-order valence-electron chi connectivity index (χ3n) is 4.58. The third kappa shape index (κ3) is 2.68. The summed E-state index contributed by atoms with van der Waals surface area (Å²) < 4.78 is 11.6. The van der Waals surface area contributed by atoms with Gasteiger partial charge >= 0.3 is 0 Å². The number of ether oxygens (including phenoxy) is 2. The summed E-state index contributed by atoms with van der Waals surface area (Å²) in [5.41, 5.74) is 1.40. The van der Waals surface area contributed by atoms with Crippen molar-refractivity contribution in [2.75, 3.05) is 19.1 Å². The van der Waals surface area contributed by atoms with E-state index < -0.39 is 17.9 Å². The Kier molecular flexibility index (Phi) is 4.35. The van der Waals surface area contributed by atoms with Crippen LogP contribution in [-0.2, 0) is 14.4 Å². The topological polar surface area (TPSA) is 77.4 Å². The molecule has 0 radical (unpaired) electrons. The van der Waals surface area contributed by atoms with E-state index in [1.165, 1.54) is 14.2 Å². The summed E-state index contributed by atoms with van der Waals surface area (Å²) in [4.78, 5) is 32.3. The molecule has 2 atom stereocenters. The first kappa shape index (κ1) is 17.5. The number of para-hydroxylation sites is 1. The number of benzene rings is 2. The van der Waals surface area contributed by atoms with Gasteiger partial charge in [0.05, 0.1) is 19.9 Å². The van der Waals surface area contributed by atoms with Gasteiger partial charge in [-0.25, -0.2) is 4.90 Å². The van der Waals surface area contributed by atoms with Crippen LogP contribution in [0.2, 0.25) is 0 Å². The number of carbonyl (C=O) groups is 2. The lowest BCUT2D eigenvalue weighted by atomic mass is 9.93. The normalized spacial score (nSPS) is 21.0. The van der Waals surface area contributed by atoms with E-state index >= 15 is 0 Å². The van der Waals surface area contributed by atoms with Crippen LogP contribution in [0.5, 0.6) is 11.5 Å². The first-order valence-corrected chi connectivity index (χ1v) is 8.94. The quantitative estimate of drug-likeness (QED) is 0.696. The maximum atomic E-state index is 13.1. The molecule has 0 N–H and O–H groups in total. The predicted octanol–water partition coefficient (Wildman–Crippen LogP) is 2.76. The Labute approximate surface area is 163 Å². The second kappa shape index (κ2) is 6.70. The van der Waals surface area contributed by atoms with Crippen LogP contribution in [-0.4, -0.2) is 37.8 Å². The van der Waals surface area contributed by atoms with Crippen LogP contribution in [0, 0.1) is 5.92 Å². The smallest absolute Gasteiger partial charge is 0.278 e. The molecule has 0 saturated carbocycles. The lowest BCUT2D eigenvalue weighted by Gasteiger charge is -2.16. The fourth-order valence-corrected chi connectivity index (χ4v) is 3.60. The summed E-state index contributed by atoms with van der Waals surface area (Å²) in [5, 5.41) is 4.02. The number of hydrogen-bond donors (Lipinski definition) is 0. The standard InChI is InChI=1S/C19H15BrN2O5/c1-25-13-5-3-4-12(16(13)26-2)15-14-17(27-21-15)19(24)22(18(14)23)11-8-6-10(20)7-9-11/h3-9,14,17H,1-2H3/t14-,17+/m0/s1. The molecule has 0 unspecified atom stereocenters. The molecule has 1 fully saturated rings. The van der Waals surface area contributed by atoms with Crippen LogP contribution >= 0.6 is 15.9 Å². The Bertz CT molecular complexity index is 957. The van der Waals surface area contributed by atoms with Gasteiger partial charge in [-0.2, -0.15) is 0 Å². The Morgan fingerprint density at radius 3 is 2.44 bits per heavy atom. The summed E-state index contributed by atoms with van der Waals surface area (Å²) in [5.74, 6) is -0.712. The van der Waals surface area contributed by atoms with E-state index in [-0.39, 0.29) is 5.91 Å². The van der Waals surface area contributed by atoms with Gasteiger partial charge < -0.3 is 14.3 Å². The Morgan fingerprint density at radius 1 is 1.04 bits per heavy atom. The highest BCUT2D eigenvalue weighted by atomic mass is 79.9. The summed E-state index contributed by atoms with van der Waals surface area (Å²) in [6, 6.07) is 12.2. The third-order valence-corrected chi connectivity index (χ3v) is 5.10. The van der Waals surface area contributed by atoms with Crippen molar-refractivity contribution in [1.29, 1.82) is 0 Å². The largest absolute Gasteiger partial charge is 0.493 e. The van der Waals surface area contributed by atoms with Crippen LogP contribution < -0.4 is 14.4 Å². The zero-order chi connectivity index (χ0) is 19.1. The van der Waals surface area contributed by atoms with Crippen molar-refractivity contribution in [2.24, 2.45) is 11.1 Å². The van der Waals surface area contributed by atoms with Crippen molar-refractivity contribution >= 4 is 39.1 Å². The molecule has 4 rings (SSSR count). The minimum atomic E-state index is -0.980. The maximum absolute atomic E-state index is 13.1. The summed E-state index contributed by atoms with van der Waals surface area (Å²) >= 11 is 3.34. The fraction of sp³-hybridized carbons (Fsp3) is 0.211. The molecule has 2 aliphatic heterocycles. The monoisotopic (exact) mass is 430 g/mol. The molecule has 8 heteroatoms. The lowest BCUT2D eigenvalue weighted by Crippen LogP contribution is -2.33. The molecule has 2 amide bonds. The number of methoxy groups -OCH3 is 2. The van der Waals surface area contributed by atoms with Crippen LogP contribution in [0.1, 0.15) is 5.56 Å². The number of anilines is 1. The van der Waals surface area contributed by atoms with Crippen LogP contribution in [0.4, 0.5) is 5.69 Å². The van der Waals surface area contributed by atoms with Gasteiger partial charge in [-0.15, -0.1) is 0 Å². The van der Waals surface area contributed by atoms with E-state index in [9.17, 15) is 9.59 Å². The SMILES string of the molecule is COc1cccc(C2=NO[C@H]3C(=O)N(c4ccc(Br)cc4)C(=O)[C@@H]23)c1OC. The van der Waals surface area contributed by atoms with Crippen LogP contribution in [0.15, 0.2) is 52.1 Å². The zero-order valence-electron chi connectivity index (χ0n) is 14.5. The Balaban J connectivity index is 1.74. The van der Waals surface area contributed by atoms with Gasteiger partial charge in [0, 0.05) is 10.0 Å². The number of oxime groups is 1. The first-order chi connectivity index (χ1) is 13.1. The molecule has 0 aliphatic carbocycles. The maximum Gasteiger partial charge on any atom is 0.278 e. The van der Waals surface area contributed by atoms with E-state index in [2.05, 4.69) is 21.1 Å². The molecule has 2 aromatic carbocycles. The Morgan fingerprint density at radius 2 is 1.78 bits per heavy atom. The van der Waals surface area contributed by atoms with E-state index in [0.717, 1.165) is 9.37 Å². The van der Waals surface area contributed by atoms with Gasteiger partial charge in [-0.05, 0) is 36.4 Å². The molecule has 0 spiro atoms. The summed E-state index contributed by atoms with van der Waals surface area (Å²) in [6.07, 6.45) is -0.980. The number of hydrogen-bond acceptors (Lipinski definition) is 6. The number of carbonyl (C=O) groups excluding carboxylic acids is 2. The van der Waals surface area contributed by atoms with Crippen molar-refractivity contribution in [2.45, 2.75) is 6.10 Å². The highest BCUT2D eigenvalue weighted by Gasteiger charge is 2.56. The number of rotatable bonds is 4. The molecule has 1 saturated heterocycles. The van der Waals surface area contributed by atoms with Crippen molar-refractivity contribution in [3.63, 3.8) is 0 Å². The van der Waals surface area contributed by atoms with E-state index in [1.54, 1.807) is 42.5 Å². The van der Waals surface area contributed by atoms with Gasteiger partial charge in [0.1, 0.15) is 11.6 Å². The average molecular weight is 431 g/mol. The van der Waals surface area contributed by atoms with Gasteiger partial charge in [-0.3, -0.25) is 9.59 Å². The van der Waals surface area contributed by atoms with Crippen LogP contribution in [0.3, 0.4) is 0 Å². The van der Waals surface area contributed by atoms with Gasteiger partial charge in [0.25, 0.3) is 5.91 Å². The zero-order valence-corrected chi connectivity index (χ0v) is 16.1. The average Bonchev–Trinajstić information content (AvgIpc) is 3.22. The van der Waals surface area contributed by atoms with E-state index in [0.29, 0.717) is 28.5 Å². The van der Waals surface area contributed by atoms with Crippen molar-refractivity contribution in [1.82, 2.24) is 0 Å². The second-order valence-corrected chi connectivity index (χ2v) is 6.93. The van der Waals surface area contributed by atoms with E-state index in [4.69, 9.17) is 14.3 Å². The molecular weight excluding hydrogens is 416 g/mol. The lowest BCUT2D eigenvalue weighted by molar-refractivity contribution is -0.126. The fourth-order valence-electron chi connectivity index (χ4n) is 3.33. The van der Waals surface area contributed by atoms with E-state index in [1.807, 2.05) is 0 Å². The van der Waals surface area contributed by atoms with Crippen LogP contribution in [0.25, 0.3) is 0 Å². The highest BCUT2D eigenvalue weighted by molar-refractivity contribution is 9.10. The van der Waals surface area contributed by atoms with Crippen molar-refractivity contribution in [3.05, 3.63) is 52.5 Å². The molecule has 138 valence electrons. The van der Waals surface area contributed by atoms with Gasteiger partial charge in [0.15, 0.2) is 11.5 Å². The van der Waals surface area contributed by atoms with Crippen molar-refractivity contribution in [3.8, 4) is 11.5 Å². The number of amides is 2. The minimum absolute atomic E-state index is 0.355. The molecule has 27 heavy (non-hydrogen) atoms. The number of nitrogens with zero attached hydrogens (tertiary/aromatic N) is 2. The Hall–Kier alpha value is -2.87. The summed E-state index contributed by atoms with van der Waals surface area (Å²) in [7, 11) is 3.03. The number of imide groups is 1. The van der Waals surface area contributed by atoms with Gasteiger partial charge in [-0.1, -0.05) is 27.2 Å². The first-order valence-electron chi connectivity index (χ1n) is 8.15. The number of fused-ring (bicyclic) bond motifs is 1. The van der Waals surface area contributed by atoms with Gasteiger partial charge in [0.2, 0.25) is 12.0 Å². The molecule has 0 bridgehead atoms. The highest BCUT2D eigenvalue weighted by Crippen LogP contribution is 2.39. The summed E-state index contributed by atoms with van der Waals surface area (Å²) in [6.45, 7) is 0. The molecule has 2 heterocycles. The second-order valence-electron chi connectivity index (χ2n) is 6.01. The molecule has 2 aliphatic rings. The molecule has 2 aromatic rings. The predicted molar refractivity (Wildman–Crippen MR) is 101 cm³/mol. The molecule has 0 aromatic heterocycles. The minimum Gasteiger partial charge on any atom is -0.493 e. The molecular formula is C19H15BrN2O5.